The Bertz CT molecular complexity index is 644. The molecule has 0 spiro atoms. The largest absolute Gasteiger partial charge is 0.383 e. The highest BCUT2D eigenvalue weighted by atomic mass is 16.5. The SMILES string of the molecule is COCCN(CC1CCCN2CCCCC12)C(=O)C1CCC(Cn2cnnn2)CC1. The predicted molar refractivity (Wildman–Crippen MR) is 114 cm³/mol. The van der Waals surface area contributed by atoms with E-state index < -0.39 is 0 Å². The summed E-state index contributed by atoms with van der Waals surface area (Å²) in [6.45, 7) is 5.62. The highest BCUT2D eigenvalue weighted by molar-refractivity contribution is 5.79. The molecule has 2 saturated heterocycles. The first kappa shape index (κ1) is 21.7. The van der Waals surface area contributed by atoms with Gasteiger partial charge in [-0.1, -0.05) is 6.42 Å². The van der Waals surface area contributed by atoms with Gasteiger partial charge in [-0.15, -0.1) is 5.10 Å². The Labute approximate surface area is 180 Å². The Hall–Kier alpha value is -1.54. The van der Waals surface area contributed by atoms with Crippen LogP contribution in [0.2, 0.25) is 0 Å². The molecule has 0 N–H and O–H groups in total. The fourth-order valence-electron chi connectivity index (χ4n) is 5.94. The van der Waals surface area contributed by atoms with Gasteiger partial charge in [-0.05, 0) is 86.7 Å². The molecule has 2 atom stereocenters. The second kappa shape index (κ2) is 10.7. The summed E-state index contributed by atoms with van der Waals surface area (Å²) in [5.74, 6) is 1.72. The molecule has 1 amide bonds. The molecule has 2 unspecified atom stereocenters. The molecule has 2 aliphatic heterocycles. The number of tetrazole rings is 1. The number of carbonyl (C=O) groups excluding carboxylic acids is 1. The first-order valence-corrected chi connectivity index (χ1v) is 12.0. The first-order chi connectivity index (χ1) is 14.7. The van der Waals surface area contributed by atoms with Crippen molar-refractivity contribution in [3.63, 3.8) is 0 Å². The fraction of sp³-hybridized carbons (Fsp3) is 0.909. The molecule has 3 heterocycles. The monoisotopic (exact) mass is 418 g/mol. The number of aromatic nitrogens is 4. The standard InChI is InChI=1S/C22H38N6O2/c1-30-14-13-27(16-20-5-4-12-26-11-3-2-6-21(20)26)22(29)19-9-7-18(8-10-19)15-28-17-23-24-25-28/h17-21H,2-16H2,1H3. The van der Waals surface area contributed by atoms with Gasteiger partial charge < -0.3 is 14.5 Å². The van der Waals surface area contributed by atoms with Crippen molar-refractivity contribution in [2.24, 2.45) is 17.8 Å². The van der Waals surface area contributed by atoms with E-state index in [9.17, 15) is 4.79 Å². The smallest absolute Gasteiger partial charge is 0.225 e. The molecule has 0 bridgehead atoms. The number of fused-ring (bicyclic) bond motifs is 1. The van der Waals surface area contributed by atoms with Crippen molar-refractivity contribution < 1.29 is 9.53 Å². The van der Waals surface area contributed by atoms with Crippen LogP contribution in [0.5, 0.6) is 0 Å². The zero-order valence-corrected chi connectivity index (χ0v) is 18.5. The number of rotatable bonds is 8. The second-order valence-electron chi connectivity index (χ2n) is 9.53. The Morgan fingerprint density at radius 1 is 1.10 bits per heavy atom. The highest BCUT2D eigenvalue weighted by Gasteiger charge is 2.36. The average Bonchev–Trinajstić information content (AvgIpc) is 3.30. The number of piperidine rings is 2. The van der Waals surface area contributed by atoms with E-state index in [-0.39, 0.29) is 5.92 Å². The minimum absolute atomic E-state index is 0.165. The van der Waals surface area contributed by atoms with Gasteiger partial charge in [-0.2, -0.15) is 0 Å². The van der Waals surface area contributed by atoms with Crippen LogP contribution in [0.25, 0.3) is 0 Å². The molecule has 1 saturated carbocycles. The summed E-state index contributed by atoms with van der Waals surface area (Å²) in [6.07, 6.45) is 12.3. The molecular weight excluding hydrogens is 380 g/mol. The number of hydrogen-bond acceptors (Lipinski definition) is 6. The summed E-state index contributed by atoms with van der Waals surface area (Å²) < 4.78 is 7.17. The third-order valence-electron chi connectivity index (χ3n) is 7.59. The van der Waals surface area contributed by atoms with Crippen LogP contribution in [0, 0.1) is 17.8 Å². The van der Waals surface area contributed by atoms with E-state index in [1.165, 1.54) is 45.2 Å². The number of methoxy groups -OCH3 is 1. The number of hydrogen-bond donors (Lipinski definition) is 0. The van der Waals surface area contributed by atoms with Crippen molar-refractivity contribution in [3.05, 3.63) is 6.33 Å². The van der Waals surface area contributed by atoms with E-state index in [0.717, 1.165) is 45.3 Å². The Kier molecular flexibility index (Phi) is 7.71. The van der Waals surface area contributed by atoms with Crippen molar-refractivity contribution in [2.75, 3.05) is 39.9 Å². The van der Waals surface area contributed by atoms with E-state index in [4.69, 9.17) is 4.74 Å². The summed E-state index contributed by atoms with van der Waals surface area (Å²) in [4.78, 5) is 18.3. The van der Waals surface area contributed by atoms with Crippen molar-refractivity contribution >= 4 is 5.91 Å². The lowest BCUT2D eigenvalue weighted by atomic mass is 9.80. The van der Waals surface area contributed by atoms with Crippen LogP contribution in [0.3, 0.4) is 0 Å². The van der Waals surface area contributed by atoms with E-state index in [0.29, 0.717) is 30.4 Å². The summed E-state index contributed by atoms with van der Waals surface area (Å²) in [5.41, 5.74) is 0. The van der Waals surface area contributed by atoms with Gasteiger partial charge >= 0.3 is 0 Å². The predicted octanol–water partition coefficient (Wildman–Crippen LogP) is 2.22. The average molecular weight is 419 g/mol. The molecule has 1 aromatic rings. The fourth-order valence-corrected chi connectivity index (χ4v) is 5.94. The quantitative estimate of drug-likeness (QED) is 0.644. The van der Waals surface area contributed by atoms with Crippen molar-refractivity contribution in [1.29, 1.82) is 0 Å². The van der Waals surface area contributed by atoms with Gasteiger partial charge in [0.05, 0.1) is 6.61 Å². The topological polar surface area (TPSA) is 76.4 Å². The molecule has 3 aliphatic rings. The summed E-state index contributed by atoms with van der Waals surface area (Å²) in [6, 6.07) is 0.678. The second-order valence-corrected chi connectivity index (χ2v) is 9.53. The van der Waals surface area contributed by atoms with Crippen LogP contribution in [0.1, 0.15) is 57.8 Å². The van der Waals surface area contributed by atoms with Gasteiger partial charge in [0.2, 0.25) is 5.91 Å². The van der Waals surface area contributed by atoms with Crippen LogP contribution in [0.4, 0.5) is 0 Å². The zero-order chi connectivity index (χ0) is 20.8. The summed E-state index contributed by atoms with van der Waals surface area (Å²) >= 11 is 0. The molecule has 3 fully saturated rings. The maximum atomic E-state index is 13.5. The third-order valence-corrected chi connectivity index (χ3v) is 7.59. The van der Waals surface area contributed by atoms with Crippen LogP contribution < -0.4 is 0 Å². The van der Waals surface area contributed by atoms with E-state index in [1.807, 2.05) is 4.68 Å². The Balaban J connectivity index is 1.33. The summed E-state index contributed by atoms with van der Waals surface area (Å²) in [7, 11) is 1.73. The molecule has 1 aliphatic carbocycles. The molecule has 30 heavy (non-hydrogen) atoms. The zero-order valence-electron chi connectivity index (χ0n) is 18.5. The van der Waals surface area contributed by atoms with Crippen LogP contribution >= 0.6 is 0 Å². The van der Waals surface area contributed by atoms with Gasteiger partial charge in [0, 0.05) is 38.7 Å². The van der Waals surface area contributed by atoms with Gasteiger partial charge in [-0.3, -0.25) is 4.79 Å². The van der Waals surface area contributed by atoms with Crippen molar-refractivity contribution in [1.82, 2.24) is 30.0 Å². The molecule has 1 aromatic heterocycles. The maximum Gasteiger partial charge on any atom is 0.225 e. The number of nitrogens with zero attached hydrogens (tertiary/aromatic N) is 6. The summed E-state index contributed by atoms with van der Waals surface area (Å²) in [5, 5.41) is 11.4. The lowest BCUT2D eigenvalue weighted by molar-refractivity contribution is -0.139. The normalized spacial score (nSPS) is 30.0. The Morgan fingerprint density at radius 2 is 1.93 bits per heavy atom. The minimum Gasteiger partial charge on any atom is -0.383 e. The van der Waals surface area contributed by atoms with E-state index in [1.54, 1.807) is 13.4 Å². The highest BCUT2D eigenvalue weighted by Crippen LogP contribution is 2.34. The van der Waals surface area contributed by atoms with Crippen molar-refractivity contribution in [3.8, 4) is 0 Å². The Morgan fingerprint density at radius 3 is 2.70 bits per heavy atom. The van der Waals surface area contributed by atoms with Crippen molar-refractivity contribution in [2.45, 2.75) is 70.4 Å². The van der Waals surface area contributed by atoms with Crippen LogP contribution in [0.15, 0.2) is 6.33 Å². The van der Waals surface area contributed by atoms with Gasteiger partial charge in [0.25, 0.3) is 0 Å². The lowest BCUT2D eigenvalue weighted by Crippen LogP contribution is -2.52. The lowest BCUT2D eigenvalue weighted by Gasteiger charge is -2.46. The third kappa shape index (κ3) is 5.38. The number of carbonyl (C=O) groups is 1. The maximum absolute atomic E-state index is 13.5. The number of amides is 1. The molecule has 168 valence electrons. The van der Waals surface area contributed by atoms with Crippen LogP contribution in [-0.2, 0) is 16.1 Å². The number of ether oxygens (including phenoxy) is 1. The molecular formula is C22H38N6O2. The molecule has 8 nitrogen and oxygen atoms in total. The minimum atomic E-state index is 0.165. The van der Waals surface area contributed by atoms with Gasteiger partial charge in [-0.25, -0.2) is 4.68 Å². The van der Waals surface area contributed by atoms with E-state index >= 15 is 0 Å². The molecule has 4 rings (SSSR count). The van der Waals surface area contributed by atoms with Gasteiger partial charge in [0.1, 0.15) is 6.33 Å². The molecule has 0 radical (unpaired) electrons. The van der Waals surface area contributed by atoms with Gasteiger partial charge in [0.15, 0.2) is 0 Å². The van der Waals surface area contributed by atoms with Crippen LogP contribution in [-0.4, -0.2) is 81.9 Å². The first-order valence-electron chi connectivity index (χ1n) is 12.0. The molecule has 0 aromatic carbocycles. The molecule has 8 heteroatoms. The van der Waals surface area contributed by atoms with E-state index in [2.05, 4.69) is 25.3 Å².